The minimum atomic E-state index is -2.20. The van der Waals surface area contributed by atoms with E-state index >= 15 is 0 Å². The van der Waals surface area contributed by atoms with Crippen molar-refractivity contribution < 1.29 is 122 Å². The molecular formula is C55H73N8NaO19S. The van der Waals surface area contributed by atoms with E-state index in [1.165, 1.54) is 18.6 Å². The number of phenolic OH excluding ortho intramolecular Hbond substituents is 1. The van der Waals surface area contributed by atoms with E-state index in [1.807, 2.05) is 24.3 Å². The molecule has 3 aromatic carbocycles. The zero-order valence-corrected chi connectivity index (χ0v) is 49.8. The number of hydrogen-bond donors (Lipinski definition) is 13. The number of phenols is 1. The summed E-state index contributed by atoms with van der Waals surface area (Å²) in [6.07, 6.45) is -8.98. The van der Waals surface area contributed by atoms with E-state index in [2.05, 4.69) is 67.1 Å². The number of β-amino-alcohol motifs (C(OH)–C–C–N with tert-alkyl or cyclic N) is 1. The molecule has 3 aliphatic rings. The average Bonchev–Trinajstić information content (AvgIpc) is 3.09. The Morgan fingerprint density at radius 2 is 1.37 bits per heavy atom. The number of hydrogen-bond acceptors (Lipinski definition) is 20. The van der Waals surface area contributed by atoms with Gasteiger partial charge in [0.1, 0.15) is 36.3 Å². The smallest absolute Gasteiger partial charge is 0.691 e. The largest absolute Gasteiger partial charge is 1.00 e. The molecule has 29 heteroatoms. The second-order valence-corrected chi connectivity index (χ2v) is 21.6. The van der Waals surface area contributed by atoms with Crippen molar-refractivity contribution >= 4 is 59.6 Å². The third-order valence-corrected chi connectivity index (χ3v) is 15.1. The van der Waals surface area contributed by atoms with Crippen LogP contribution < -0.4 is 71.3 Å². The maximum absolute atomic E-state index is 14.6. The molecule has 13 atom stereocenters. The van der Waals surface area contributed by atoms with Gasteiger partial charge in [0.15, 0.2) is 11.5 Å². The Kier molecular flexibility index (Phi) is 26.6. The first-order valence-electron chi connectivity index (χ1n) is 27.3. The Labute approximate surface area is 510 Å². The van der Waals surface area contributed by atoms with Crippen LogP contribution in [0, 0.1) is 5.92 Å². The summed E-state index contributed by atoms with van der Waals surface area (Å²) in [5.74, 6) is -10.8. The SMILES string of the molecule is CCCCCc1ccc(-c2ccc(CCC(=O)NC3CC(O)CNC(=O)C4C(O)C(C)CN4C(=O)C(C(O)CC(N)=O)NC(=O)C(C(O)Cc4ccc(O)c(OSOO[O-])c4)NC(=O)C4CC(O)CN4C(=O)C(C(C)O)NC3=O)cc2)cc1.[Na+]. The Balaban J connectivity index is 0.0000129. The van der Waals surface area contributed by atoms with Crippen molar-refractivity contribution in [3.8, 4) is 22.6 Å². The van der Waals surface area contributed by atoms with E-state index in [9.17, 15) is 79.4 Å². The van der Waals surface area contributed by atoms with Gasteiger partial charge >= 0.3 is 29.6 Å². The fraction of sp³-hybridized carbons (Fsp3) is 0.527. The monoisotopic (exact) mass is 1200 g/mol. The third kappa shape index (κ3) is 18.8. The molecule has 0 saturated carbocycles. The standard InChI is InChI=1S/C55H74N8O19S.Na/c1-4-5-6-7-30-8-14-33(15-9-30)34-16-10-31(11-17-34)13-19-44(71)58-37-22-35(65)25-57-53(76)48-49(72)28(2)26-63(48)55(78)47(41(69)24-43(56)70)61-52(75)46(40(68)20-32-12-18-39(67)42(21-32)80-83-82-81-79)60-51(74)38-23-36(66)27-62(38)54(77)45(29(3)64)59-50(37)73;/h8-12,14-18,21,28-29,35-38,40-41,45-49,64-69,72,79H,4-7,13,19-20,22-27H2,1-3H3,(H2,56,70)(H,57,76)(H,58,71)(H,59,73)(H,60,74)(H,61,75);/q;+1/p-1. The number of benzene rings is 3. The van der Waals surface area contributed by atoms with Crippen LogP contribution in [0.1, 0.15) is 82.4 Å². The van der Waals surface area contributed by atoms with Gasteiger partial charge in [-0.2, -0.15) is 0 Å². The number of carbonyl (C=O) groups excluding carboxylic acids is 8. The van der Waals surface area contributed by atoms with E-state index in [-0.39, 0.29) is 66.0 Å². The molecule has 0 spiro atoms. The van der Waals surface area contributed by atoms with Crippen LogP contribution in [0.25, 0.3) is 11.1 Å². The second kappa shape index (κ2) is 32.5. The molecule has 0 bridgehead atoms. The van der Waals surface area contributed by atoms with Crippen LogP contribution in [0.4, 0.5) is 0 Å². The molecule has 3 aliphatic heterocycles. The predicted molar refractivity (Wildman–Crippen MR) is 291 cm³/mol. The number of fused-ring (bicyclic) bond motifs is 2. The van der Waals surface area contributed by atoms with Crippen LogP contribution in [0.5, 0.6) is 11.5 Å². The van der Waals surface area contributed by atoms with Gasteiger partial charge in [-0.25, -0.2) is 0 Å². The Bertz CT molecular complexity index is 2750. The first-order valence-corrected chi connectivity index (χ1v) is 27.9. The molecule has 84 heavy (non-hydrogen) atoms. The number of primary amides is 1. The van der Waals surface area contributed by atoms with E-state index in [0.717, 1.165) is 71.2 Å². The van der Waals surface area contributed by atoms with Gasteiger partial charge in [0, 0.05) is 51.2 Å². The van der Waals surface area contributed by atoms with Crippen LogP contribution in [0.15, 0.2) is 66.7 Å². The van der Waals surface area contributed by atoms with Crippen LogP contribution in [0.3, 0.4) is 0 Å². The Morgan fingerprint density at radius 3 is 1.99 bits per heavy atom. The van der Waals surface area contributed by atoms with Crippen LogP contribution in [-0.4, -0.2) is 185 Å². The number of nitrogens with zero attached hydrogens (tertiary/aromatic N) is 2. The summed E-state index contributed by atoms with van der Waals surface area (Å²) in [6.45, 7) is 3.11. The molecule has 3 fully saturated rings. The predicted octanol–water partition coefficient (Wildman–Crippen LogP) is -5.90. The van der Waals surface area contributed by atoms with Gasteiger partial charge in [-0.3, -0.25) is 43.4 Å². The quantitative estimate of drug-likeness (QED) is 0.0165. The van der Waals surface area contributed by atoms with Gasteiger partial charge in [-0.1, -0.05) is 81.3 Å². The number of aryl methyl sites for hydroxylation is 2. The van der Waals surface area contributed by atoms with Crippen molar-refractivity contribution in [1.29, 1.82) is 0 Å². The molecule has 0 aromatic heterocycles. The van der Waals surface area contributed by atoms with E-state index in [4.69, 9.17) is 9.92 Å². The summed E-state index contributed by atoms with van der Waals surface area (Å²) in [4.78, 5) is 114. The van der Waals surface area contributed by atoms with Crippen molar-refractivity contribution in [2.45, 2.75) is 158 Å². The number of carbonyl (C=O) groups is 8. The van der Waals surface area contributed by atoms with Gasteiger partial charge in [-0.05, 0) is 66.1 Å². The Morgan fingerprint density at radius 1 is 0.762 bits per heavy atom. The van der Waals surface area contributed by atoms with Gasteiger partial charge < -0.3 is 87.3 Å². The van der Waals surface area contributed by atoms with Crippen molar-refractivity contribution in [3.05, 3.63) is 83.4 Å². The van der Waals surface area contributed by atoms with Crippen molar-refractivity contribution in [2.24, 2.45) is 11.7 Å². The number of rotatable bonds is 20. The van der Waals surface area contributed by atoms with Crippen molar-refractivity contribution in [3.63, 3.8) is 0 Å². The molecule has 8 amide bonds. The van der Waals surface area contributed by atoms with Crippen molar-refractivity contribution in [2.75, 3.05) is 19.6 Å². The summed E-state index contributed by atoms with van der Waals surface area (Å²) in [7, 11) is 0. The molecule has 454 valence electrons. The molecule has 0 aliphatic carbocycles. The summed E-state index contributed by atoms with van der Waals surface area (Å²) in [6, 6.07) is 7.84. The minimum absolute atomic E-state index is 0. The first-order chi connectivity index (χ1) is 39.5. The fourth-order valence-electron chi connectivity index (χ4n) is 10.2. The summed E-state index contributed by atoms with van der Waals surface area (Å²) < 4.78 is 9.14. The maximum Gasteiger partial charge on any atom is 1.00 e. The topological polar surface area (TPSA) is 422 Å². The van der Waals surface area contributed by atoms with E-state index in [0.29, 0.717) is 0 Å². The van der Waals surface area contributed by atoms with Crippen LogP contribution >= 0.6 is 12.3 Å². The molecule has 3 aromatic rings. The summed E-state index contributed by atoms with van der Waals surface area (Å²) in [5, 5.41) is 104. The van der Waals surface area contributed by atoms with Crippen LogP contribution in [-0.2, 0) is 67.0 Å². The zero-order chi connectivity index (χ0) is 60.7. The molecule has 3 heterocycles. The number of aliphatic hydroxyl groups is 6. The van der Waals surface area contributed by atoms with Crippen LogP contribution in [0.2, 0.25) is 0 Å². The number of amides is 8. The molecule has 3 saturated heterocycles. The summed E-state index contributed by atoms with van der Waals surface area (Å²) >= 11 is 0.000659. The number of nitrogens with one attached hydrogen (secondary N) is 5. The third-order valence-electron chi connectivity index (χ3n) is 14.8. The number of unbranched alkanes of at least 4 members (excludes halogenated alkanes) is 2. The maximum atomic E-state index is 14.6. The molecule has 27 nitrogen and oxygen atoms in total. The number of aliphatic hydroxyl groups excluding tert-OH is 6. The molecule has 13 unspecified atom stereocenters. The van der Waals surface area contributed by atoms with Crippen molar-refractivity contribution in [1.82, 2.24) is 36.4 Å². The minimum Gasteiger partial charge on any atom is -0.691 e. The van der Waals surface area contributed by atoms with E-state index in [1.54, 1.807) is 0 Å². The van der Waals surface area contributed by atoms with Gasteiger partial charge in [0.25, 0.3) is 12.3 Å². The first kappa shape index (κ1) is 68.8. The Hall–Kier alpha value is -5.99. The molecule has 14 N–H and O–H groups in total. The van der Waals surface area contributed by atoms with Gasteiger partial charge in [-0.15, -0.1) is 4.33 Å². The second-order valence-electron chi connectivity index (χ2n) is 21.2. The van der Waals surface area contributed by atoms with Gasteiger partial charge in [0.05, 0.1) is 43.0 Å². The zero-order valence-electron chi connectivity index (χ0n) is 47.0. The molecule has 0 radical (unpaired) electrons. The number of aromatic hydroxyl groups is 1. The van der Waals surface area contributed by atoms with Gasteiger partial charge in [0.2, 0.25) is 47.3 Å². The molecular weight excluding hydrogens is 1130 g/mol. The van der Waals surface area contributed by atoms with E-state index < -0.39 is 177 Å². The number of nitrogens with two attached hydrogens (primary N) is 1. The fourth-order valence-corrected chi connectivity index (χ4v) is 10.5. The summed E-state index contributed by atoms with van der Waals surface area (Å²) in [5.41, 5.74) is 9.45. The average molecular weight is 1210 g/mol. The molecule has 6 rings (SSSR count). The normalized spacial score (nSPS) is 25.7.